The number of hydrogen-bond acceptors (Lipinski definition) is 2. The van der Waals surface area contributed by atoms with E-state index in [1.165, 1.54) is 18.7 Å². The maximum absolute atomic E-state index is 13.2. The lowest BCUT2D eigenvalue weighted by Gasteiger charge is -2.10. The molecule has 78 valence electrons. The van der Waals surface area contributed by atoms with Crippen LogP contribution >= 0.6 is 0 Å². The van der Waals surface area contributed by atoms with Crippen LogP contribution in [0.3, 0.4) is 0 Å². The highest BCUT2D eigenvalue weighted by atomic mass is 19.1. The molecular formula is C11H12FN3. The number of rotatable bonds is 0. The molecule has 3 rings (SSSR count). The molecule has 2 aromatic heterocycles. The second-order valence-corrected chi connectivity index (χ2v) is 4.02. The molecule has 1 aliphatic rings. The van der Waals surface area contributed by atoms with E-state index in [2.05, 4.69) is 4.98 Å². The van der Waals surface area contributed by atoms with Crippen molar-refractivity contribution in [1.29, 1.82) is 0 Å². The van der Waals surface area contributed by atoms with E-state index in [1.807, 2.05) is 0 Å². The van der Waals surface area contributed by atoms with E-state index in [4.69, 9.17) is 5.73 Å². The van der Waals surface area contributed by atoms with Gasteiger partial charge in [-0.25, -0.2) is 9.37 Å². The predicted octanol–water partition coefficient (Wildman–Crippen LogP) is 1.93. The van der Waals surface area contributed by atoms with E-state index < -0.39 is 0 Å². The van der Waals surface area contributed by atoms with Crippen molar-refractivity contribution in [3.8, 4) is 0 Å². The third-order valence-electron chi connectivity index (χ3n) is 2.97. The van der Waals surface area contributed by atoms with Crippen molar-refractivity contribution in [1.82, 2.24) is 9.38 Å². The first-order valence-corrected chi connectivity index (χ1v) is 5.20. The molecule has 0 saturated carbocycles. The number of imidazole rings is 1. The summed E-state index contributed by atoms with van der Waals surface area (Å²) in [5, 5.41) is 0. The highest BCUT2D eigenvalue weighted by Crippen LogP contribution is 2.25. The number of pyridine rings is 1. The molecule has 0 unspecified atom stereocenters. The van der Waals surface area contributed by atoms with E-state index in [9.17, 15) is 4.39 Å². The van der Waals surface area contributed by atoms with E-state index in [0.29, 0.717) is 11.3 Å². The van der Waals surface area contributed by atoms with Crippen molar-refractivity contribution in [3.05, 3.63) is 29.5 Å². The minimum Gasteiger partial charge on any atom is -0.396 e. The summed E-state index contributed by atoms with van der Waals surface area (Å²) in [6.45, 7) is 0. The van der Waals surface area contributed by atoms with Crippen LogP contribution in [-0.2, 0) is 12.8 Å². The first-order valence-electron chi connectivity index (χ1n) is 5.20. The number of fused-ring (bicyclic) bond motifs is 3. The van der Waals surface area contributed by atoms with Gasteiger partial charge in [-0.15, -0.1) is 0 Å². The molecule has 2 aromatic rings. The second-order valence-electron chi connectivity index (χ2n) is 4.02. The van der Waals surface area contributed by atoms with E-state index in [0.717, 1.165) is 30.7 Å². The maximum Gasteiger partial charge on any atom is 0.160 e. The number of nitrogens with two attached hydrogens (primary N) is 1. The van der Waals surface area contributed by atoms with Gasteiger partial charge in [0, 0.05) is 18.0 Å². The average molecular weight is 205 g/mol. The molecule has 0 fully saturated rings. The molecule has 0 spiro atoms. The van der Waals surface area contributed by atoms with Gasteiger partial charge in [-0.05, 0) is 25.7 Å². The van der Waals surface area contributed by atoms with Gasteiger partial charge < -0.3 is 5.73 Å². The molecule has 1 aliphatic carbocycles. The largest absolute Gasteiger partial charge is 0.396 e. The minimum absolute atomic E-state index is 0.300. The number of aromatic nitrogens is 2. The summed E-state index contributed by atoms with van der Waals surface area (Å²) in [5.74, 6) is -0.300. The molecule has 2 N–H and O–H groups in total. The molecular weight excluding hydrogens is 193 g/mol. The second kappa shape index (κ2) is 2.95. The third kappa shape index (κ3) is 1.21. The summed E-state index contributed by atoms with van der Waals surface area (Å²) in [5.41, 5.74) is 9.07. The van der Waals surface area contributed by atoms with Crippen LogP contribution in [0.4, 0.5) is 10.1 Å². The normalized spacial score (nSPS) is 15.5. The fourth-order valence-electron chi connectivity index (χ4n) is 2.28. The van der Waals surface area contributed by atoms with E-state index >= 15 is 0 Å². The predicted molar refractivity (Wildman–Crippen MR) is 56.2 cm³/mol. The van der Waals surface area contributed by atoms with Crippen molar-refractivity contribution in [2.45, 2.75) is 25.7 Å². The highest BCUT2D eigenvalue weighted by Gasteiger charge is 2.17. The number of nitrogens with zero attached hydrogens (tertiary/aromatic N) is 2. The van der Waals surface area contributed by atoms with Gasteiger partial charge in [-0.3, -0.25) is 4.40 Å². The van der Waals surface area contributed by atoms with Crippen LogP contribution in [0.25, 0.3) is 5.65 Å². The Morgan fingerprint density at radius 2 is 2.13 bits per heavy atom. The van der Waals surface area contributed by atoms with Gasteiger partial charge in [0.15, 0.2) is 5.65 Å². The van der Waals surface area contributed by atoms with Crippen molar-refractivity contribution in [2.75, 3.05) is 5.73 Å². The van der Waals surface area contributed by atoms with Crippen LogP contribution in [-0.4, -0.2) is 9.38 Å². The fourth-order valence-corrected chi connectivity index (χ4v) is 2.28. The molecule has 0 radical (unpaired) electrons. The summed E-state index contributed by atoms with van der Waals surface area (Å²) >= 11 is 0. The first kappa shape index (κ1) is 8.71. The number of hydrogen-bond donors (Lipinski definition) is 1. The summed E-state index contributed by atoms with van der Waals surface area (Å²) < 4.78 is 15.0. The Balaban J connectivity index is 2.37. The number of nitrogen functional groups attached to an aromatic ring is 1. The van der Waals surface area contributed by atoms with Crippen LogP contribution in [0.2, 0.25) is 0 Å². The van der Waals surface area contributed by atoms with Gasteiger partial charge in [-0.2, -0.15) is 0 Å². The molecule has 0 bridgehead atoms. The molecule has 4 heteroatoms. The topological polar surface area (TPSA) is 43.3 Å². The van der Waals surface area contributed by atoms with E-state index in [1.54, 1.807) is 4.40 Å². The van der Waals surface area contributed by atoms with Crippen molar-refractivity contribution < 1.29 is 4.39 Å². The Morgan fingerprint density at radius 1 is 1.33 bits per heavy atom. The smallest absolute Gasteiger partial charge is 0.160 e. The van der Waals surface area contributed by atoms with Crippen molar-refractivity contribution in [3.63, 3.8) is 0 Å². The fraction of sp³-hybridized carbons (Fsp3) is 0.364. The Labute approximate surface area is 86.7 Å². The molecule has 3 nitrogen and oxygen atoms in total. The van der Waals surface area contributed by atoms with Crippen LogP contribution in [0.5, 0.6) is 0 Å². The first-order chi connectivity index (χ1) is 7.25. The monoisotopic (exact) mass is 205 g/mol. The third-order valence-corrected chi connectivity index (χ3v) is 2.97. The van der Waals surface area contributed by atoms with Gasteiger partial charge in [0.2, 0.25) is 0 Å². The molecule has 0 amide bonds. The minimum atomic E-state index is -0.300. The standard InChI is InChI=1S/C11H12FN3/c12-7-5-8(13)11-14-9-3-1-2-4-10(9)15(11)6-7/h5-6H,1-4,13H2. The number of anilines is 1. The van der Waals surface area contributed by atoms with Crippen LogP contribution in [0.1, 0.15) is 24.2 Å². The lowest BCUT2D eigenvalue weighted by atomic mass is 10.0. The summed E-state index contributed by atoms with van der Waals surface area (Å²) in [4.78, 5) is 4.47. The number of aryl methyl sites for hydroxylation is 2. The van der Waals surface area contributed by atoms with Crippen LogP contribution in [0.15, 0.2) is 12.3 Å². The average Bonchev–Trinajstić information content (AvgIpc) is 2.57. The molecule has 0 aliphatic heterocycles. The van der Waals surface area contributed by atoms with Gasteiger partial charge in [0.05, 0.1) is 11.4 Å². The summed E-state index contributed by atoms with van der Waals surface area (Å²) in [6, 6.07) is 1.33. The Bertz CT molecular complexity index is 530. The molecule has 0 aromatic carbocycles. The van der Waals surface area contributed by atoms with Crippen LogP contribution in [0, 0.1) is 5.82 Å². The van der Waals surface area contributed by atoms with Crippen molar-refractivity contribution >= 4 is 11.3 Å². The Kier molecular flexibility index (Phi) is 1.71. The van der Waals surface area contributed by atoms with E-state index in [-0.39, 0.29) is 5.82 Å². The van der Waals surface area contributed by atoms with Gasteiger partial charge >= 0.3 is 0 Å². The van der Waals surface area contributed by atoms with Crippen molar-refractivity contribution in [2.24, 2.45) is 0 Å². The molecule has 0 atom stereocenters. The maximum atomic E-state index is 13.2. The van der Waals surface area contributed by atoms with Gasteiger partial charge in [-0.1, -0.05) is 0 Å². The SMILES string of the molecule is Nc1cc(F)cn2c3c(nc12)CCCC3. The molecule has 0 saturated heterocycles. The zero-order valence-electron chi connectivity index (χ0n) is 8.33. The highest BCUT2D eigenvalue weighted by molar-refractivity contribution is 5.66. The number of halogens is 1. The van der Waals surface area contributed by atoms with Gasteiger partial charge in [0.25, 0.3) is 0 Å². The van der Waals surface area contributed by atoms with Crippen LogP contribution < -0.4 is 5.73 Å². The Hall–Kier alpha value is -1.58. The summed E-state index contributed by atoms with van der Waals surface area (Å²) in [6.07, 6.45) is 5.75. The molecule has 2 heterocycles. The summed E-state index contributed by atoms with van der Waals surface area (Å²) in [7, 11) is 0. The lowest BCUT2D eigenvalue weighted by Crippen LogP contribution is -2.04. The quantitative estimate of drug-likeness (QED) is 0.714. The zero-order chi connectivity index (χ0) is 10.4. The lowest BCUT2D eigenvalue weighted by molar-refractivity contribution is 0.613. The molecule has 15 heavy (non-hydrogen) atoms. The van der Waals surface area contributed by atoms with Gasteiger partial charge in [0.1, 0.15) is 5.82 Å². The Morgan fingerprint density at radius 3 is 3.00 bits per heavy atom. The zero-order valence-corrected chi connectivity index (χ0v) is 8.33.